The van der Waals surface area contributed by atoms with Crippen LogP contribution in [0.15, 0.2) is 40.2 Å². The highest BCUT2D eigenvalue weighted by Gasteiger charge is 2.21. The van der Waals surface area contributed by atoms with Crippen LogP contribution in [-0.2, 0) is 12.8 Å². The third-order valence-corrected chi connectivity index (χ3v) is 5.93. The standard InChI is InChI=1S/C18H14N4O2S/c23-17-15-11-3-1-2-4-14(11)25-16(15)21-18(24)22(17)10-5-6-12-13(9-10)20-8-7-19-12/h5-9H,1-4H2,(H,21,24). The van der Waals surface area contributed by atoms with Crippen LogP contribution in [0.1, 0.15) is 23.3 Å². The molecular weight excluding hydrogens is 336 g/mol. The summed E-state index contributed by atoms with van der Waals surface area (Å²) in [5.74, 6) is 0. The van der Waals surface area contributed by atoms with Crippen LogP contribution in [0.4, 0.5) is 0 Å². The van der Waals surface area contributed by atoms with Crippen LogP contribution in [-0.4, -0.2) is 19.5 Å². The topological polar surface area (TPSA) is 80.6 Å². The van der Waals surface area contributed by atoms with Crippen molar-refractivity contribution >= 4 is 32.6 Å². The molecule has 0 radical (unpaired) electrons. The first kappa shape index (κ1) is 14.5. The van der Waals surface area contributed by atoms with E-state index in [-0.39, 0.29) is 5.56 Å². The van der Waals surface area contributed by atoms with E-state index in [4.69, 9.17) is 0 Å². The maximum absolute atomic E-state index is 13.1. The first-order chi connectivity index (χ1) is 12.2. The molecule has 0 unspecified atom stereocenters. The molecule has 1 N–H and O–H groups in total. The first-order valence-corrected chi connectivity index (χ1v) is 9.05. The largest absolute Gasteiger partial charge is 0.334 e. The van der Waals surface area contributed by atoms with Gasteiger partial charge in [0.15, 0.2) is 0 Å². The van der Waals surface area contributed by atoms with Gasteiger partial charge in [-0.3, -0.25) is 19.7 Å². The lowest BCUT2D eigenvalue weighted by atomic mass is 9.97. The number of aromatic amines is 1. The Morgan fingerprint density at radius 2 is 1.84 bits per heavy atom. The smallest absolute Gasteiger partial charge is 0.298 e. The molecule has 25 heavy (non-hydrogen) atoms. The number of nitrogens with one attached hydrogen (secondary N) is 1. The van der Waals surface area contributed by atoms with Crippen LogP contribution in [0.5, 0.6) is 0 Å². The van der Waals surface area contributed by atoms with Gasteiger partial charge in [-0.05, 0) is 49.4 Å². The molecule has 3 aromatic heterocycles. The predicted octanol–water partition coefficient (Wildman–Crippen LogP) is 2.56. The van der Waals surface area contributed by atoms with Crippen molar-refractivity contribution in [2.75, 3.05) is 0 Å². The van der Waals surface area contributed by atoms with Gasteiger partial charge in [0.2, 0.25) is 0 Å². The van der Waals surface area contributed by atoms with Gasteiger partial charge in [0.1, 0.15) is 4.83 Å². The molecule has 0 saturated carbocycles. The lowest BCUT2D eigenvalue weighted by Crippen LogP contribution is -2.33. The molecule has 6 nitrogen and oxygen atoms in total. The summed E-state index contributed by atoms with van der Waals surface area (Å²) in [7, 11) is 0. The molecule has 3 heterocycles. The molecule has 1 aliphatic rings. The monoisotopic (exact) mass is 350 g/mol. The van der Waals surface area contributed by atoms with E-state index < -0.39 is 5.69 Å². The molecule has 0 aliphatic heterocycles. The summed E-state index contributed by atoms with van der Waals surface area (Å²) in [6.45, 7) is 0. The fourth-order valence-electron chi connectivity index (χ4n) is 3.56. The number of hydrogen-bond donors (Lipinski definition) is 1. The number of aromatic nitrogens is 4. The fourth-order valence-corrected chi connectivity index (χ4v) is 4.83. The summed E-state index contributed by atoms with van der Waals surface area (Å²) in [5.41, 5.74) is 2.34. The van der Waals surface area contributed by atoms with Crippen molar-refractivity contribution in [3.05, 3.63) is 61.9 Å². The number of aryl methyl sites for hydroxylation is 2. The zero-order valence-electron chi connectivity index (χ0n) is 13.3. The van der Waals surface area contributed by atoms with Crippen LogP contribution in [0, 0.1) is 0 Å². The molecule has 1 aromatic carbocycles. The average Bonchev–Trinajstić information content (AvgIpc) is 2.99. The number of benzene rings is 1. The summed E-state index contributed by atoms with van der Waals surface area (Å²) in [5, 5.41) is 0.665. The number of thiophene rings is 1. The van der Waals surface area contributed by atoms with Crippen molar-refractivity contribution < 1.29 is 0 Å². The van der Waals surface area contributed by atoms with Crippen LogP contribution < -0.4 is 11.2 Å². The van der Waals surface area contributed by atoms with Crippen LogP contribution >= 0.6 is 11.3 Å². The van der Waals surface area contributed by atoms with Gasteiger partial charge in [0.05, 0.1) is 22.1 Å². The maximum atomic E-state index is 13.1. The summed E-state index contributed by atoms with van der Waals surface area (Å²) in [6, 6.07) is 5.23. The second-order valence-electron chi connectivity index (χ2n) is 6.22. The minimum atomic E-state index is -0.417. The highest BCUT2D eigenvalue weighted by molar-refractivity contribution is 7.18. The Morgan fingerprint density at radius 3 is 2.72 bits per heavy atom. The van der Waals surface area contributed by atoms with E-state index in [1.807, 2.05) is 0 Å². The van der Waals surface area contributed by atoms with E-state index in [0.29, 0.717) is 21.4 Å². The molecule has 0 bridgehead atoms. The quantitative estimate of drug-likeness (QED) is 0.572. The van der Waals surface area contributed by atoms with E-state index in [9.17, 15) is 9.59 Å². The van der Waals surface area contributed by atoms with Gasteiger partial charge >= 0.3 is 5.69 Å². The molecule has 0 spiro atoms. The van der Waals surface area contributed by atoms with Crippen molar-refractivity contribution in [2.45, 2.75) is 25.7 Å². The molecule has 4 aromatic rings. The molecule has 5 rings (SSSR count). The Kier molecular flexibility index (Phi) is 3.11. The Balaban J connectivity index is 1.83. The molecule has 0 amide bonds. The third kappa shape index (κ3) is 2.16. The van der Waals surface area contributed by atoms with Gasteiger partial charge in [-0.2, -0.15) is 0 Å². The zero-order valence-corrected chi connectivity index (χ0v) is 14.1. The van der Waals surface area contributed by atoms with Crippen LogP contribution in [0.2, 0.25) is 0 Å². The highest BCUT2D eigenvalue weighted by Crippen LogP contribution is 2.33. The Bertz CT molecular complexity index is 1250. The predicted molar refractivity (Wildman–Crippen MR) is 97.8 cm³/mol. The molecule has 124 valence electrons. The molecule has 1 aliphatic carbocycles. The molecular formula is C18H14N4O2S. The Morgan fingerprint density at radius 1 is 1.04 bits per heavy atom. The SMILES string of the molecule is O=c1[nH]c2sc3c(c2c(=O)n1-c1ccc2nccnc2c1)CCCC3. The number of H-pyrrole nitrogens is 1. The lowest BCUT2D eigenvalue weighted by molar-refractivity contribution is 0.699. The molecule has 0 atom stereocenters. The van der Waals surface area contributed by atoms with Crippen molar-refractivity contribution in [2.24, 2.45) is 0 Å². The van der Waals surface area contributed by atoms with Gasteiger partial charge in [0, 0.05) is 17.3 Å². The Hall–Kier alpha value is -2.80. The molecule has 0 saturated heterocycles. The number of hydrogen-bond acceptors (Lipinski definition) is 5. The Labute approximate surface area is 145 Å². The summed E-state index contributed by atoms with van der Waals surface area (Å²) < 4.78 is 1.21. The number of fused-ring (bicyclic) bond motifs is 4. The van der Waals surface area contributed by atoms with Gasteiger partial charge in [-0.25, -0.2) is 9.36 Å². The molecule has 7 heteroatoms. The second kappa shape index (κ2) is 5.35. The van der Waals surface area contributed by atoms with E-state index in [0.717, 1.165) is 36.8 Å². The van der Waals surface area contributed by atoms with E-state index >= 15 is 0 Å². The lowest BCUT2D eigenvalue weighted by Gasteiger charge is -2.10. The summed E-state index contributed by atoms with van der Waals surface area (Å²) in [6.07, 6.45) is 7.33. The van der Waals surface area contributed by atoms with Gasteiger partial charge in [0.25, 0.3) is 5.56 Å². The first-order valence-electron chi connectivity index (χ1n) is 8.23. The number of nitrogens with zero attached hydrogens (tertiary/aromatic N) is 3. The van der Waals surface area contributed by atoms with Gasteiger partial charge in [-0.1, -0.05) is 0 Å². The van der Waals surface area contributed by atoms with Crippen LogP contribution in [0.25, 0.3) is 26.9 Å². The van der Waals surface area contributed by atoms with Gasteiger partial charge in [-0.15, -0.1) is 11.3 Å². The minimum Gasteiger partial charge on any atom is -0.298 e. The average molecular weight is 350 g/mol. The third-order valence-electron chi connectivity index (χ3n) is 4.72. The molecule has 0 fully saturated rings. The van der Waals surface area contributed by atoms with Gasteiger partial charge < -0.3 is 0 Å². The number of rotatable bonds is 1. The highest BCUT2D eigenvalue weighted by atomic mass is 32.1. The second-order valence-corrected chi connectivity index (χ2v) is 7.32. The van der Waals surface area contributed by atoms with Crippen molar-refractivity contribution in [1.29, 1.82) is 0 Å². The zero-order chi connectivity index (χ0) is 17.0. The minimum absolute atomic E-state index is 0.249. The fraction of sp³-hybridized carbons (Fsp3) is 0.222. The van der Waals surface area contributed by atoms with Crippen molar-refractivity contribution in [3.8, 4) is 5.69 Å². The van der Waals surface area contributed by atoms with E-state index in [1.165, 1.54) is 9.44 Å². The normalized spacial score (nSPS) is 14.1. The van der Waals surface area contributed by atoms with Crippen molar-refractivity contribution in [3.63, 3.8) is 0 Å². The van der Waals surface area contributed by atoms with E-state index in [1.54, 1.807) is 41.9 Å². The van der Waals surface area contributed by atoms with E-state index in [2.05, 4.69) is 15.0 Å². The summed E-state index contributed by atoms with van der Waals surface area (Å²) in [4.78, 5) is 39.0. The van der Waals surface area contributed by atoms with Crippen molar-refractivity contribution in [1.82, 2.24) is 19.5 Å². The summed E-state index contributed by atoms with van der Waals surface area (Å²) >= 11 is 1.54. The maximum Gasteiger partial charge on any atom is 0.334 e. The van der Waals surface area contributed by atoms with Crippen LogP contribution in [0.3, 0.4) is 0 Å².